The minimum Gasteiger partial charge on any atom is -0.492 e. The van der Waals surface area contributed by atoms with Gasteiger partial charge in [0.1, 0.15) is 23.4 Å². The number of benzene rings is 3. The Morgan fingerprint density at radius 3 is 2.61 bits per heavy atom. The zero-order valence-electron chi connectivity index (χ0n) is 21.9. The van der Waals surface area contributed by atoms with Crippen LogP contribution in [0.15, 0.2) is 42.5 Å². The Morgan fingerprint density at radius 2 is 1.89 bits per heavy atom. The van der Waals surface area contributed by atoms with Crippen molar-refractivity contribution >= 4 is 11.9 Å². The van der Waals surface area contributed by atoms with Crippen LogP contribution in [0.3, 0.4) is 0 Å². The van der Waals surface area contributed by atoms with Crippen LogP contribution < -0.4 is 14.8 Å². The van der Waals surface area contributed by atoms with Gasteiger partial charge >= 0.3 is 5.97 Å². The summed E-state index contributed by atoms with van der Waals surface area (Å²) in [7, 11) is 0. The molecule has 198 valence electrons. The lowest BCUT2D eigenvalue weighted by Gasteiger charge is -2.19. The maximum Gasteiger partial charge on any atom is 0.304 e. The maximum absolute atomic E-state index is 15.2. The molecule has 3 aromatic carbocycles. The normalized spacial score (nSPS) is 17.5. The van der Waals surface area contributed by atoms with Gasteiger partial charge in [-0.25, -0.2) is 4.39 Å². The molecule has 0 spiro atoms. The van der Waals surface area contributed by atoms with Gasteiger partial charge in [-0.15, -0.1) is 0 Å². The van der Waals surface area contributed by atoms with Gasteiger partial charge in [0.25, 0.3) is 0 Å². The summed E-state index contributed by atoms with van der Waals surface area (Å²) in [5.74, 6) is -0.127. The highest BCUT2D eigenvalue weighted by atomic mass is 19.1. The monoisotopic (exact) mass is 517 g/mol. The average molecular weight is 518 g/mol. The first-order chi connectivity index (χ1) is 18.2. The summed E-state index contributed by atoms with van der Waals surface area (Å²) in [4.78, 5) is 22.3. The van der Waals surface area contributed by atoms with Gasteiger partial charge in [0.2, 0.25) is 5.91 Å². The number of hydrogen-bond acceptors (Lipinski definition) is 4. The summed E-state index contributed by atoms with van der Waals surface area (Å²) < 4.78 is 27.2. The third-order valence-corrected chi connectivity index (χ3v) is 7.50. The lowest BCUT2D eigenvalue weighted by atomic mass is 9.88. The Labute approximate surface area is 221 Å². The van der Waals surface area contributed by atoms with Crippen LogP contribution in [0.1, 0.15) is 65.2 Å². The fourth-order valence-corrected chi connectivity index (χ4v) is 5.90. The third kappa shape index (κ3) is 5.10. The summed E-state index contributed by atoms with van der Waals surface area (Å²) in [6, 6.07) is 13.1. The van der Waals surface area contributed by atoms with Gasteiger partial charge in [-0.05, 0) is 78.6 Å². The molecule has 7 heteroatoms. The number of rotatable bonds is 8. The number of carbonyl (C=O) groups excluding carboxylic acids is 1. The lowest BCUT2D eigenvalue weighted by molar-refractivity contribution is -0.137. The van der Waals surface area contributed by atoms with Gasteiger partial charge < -0.3 is 19.9 Å². The smallest absolute Gasteiger partial charge is 0.304 e. The van der Waals surface area contributed by atoms with E-state index in [4.69, 9.17) is 14.6 Å². The fourth-order valence-electron chi connectivity index (χ4n) is 5.90. The van der Waals surface area contributed by atoms with Crippen LogP contribution in [0.2, 0.25) is 0 Å². The first-order valence-corrected chi connectivity index (χ1v) is 13.0. The molecular formula is C31H32FNO5. The standard InChI is InChI=1S/C31H32FNO5/c1-17-12-20(10-11-33-19(3)34)13-18(2)30(17)24-6-8-26(32)31-25(24)7-9-27(31)38-22-4-5-23-21(14-29(35)36)16-37-28(23)15-22/h4-6,8,12-13,15,21,27H,7,9-11,14,16H2,1-3H3,(H,33,34)(H,35,36)/t21-,27-/m1/s1. The van der Waals surface area contributed by atoms with Crippen molar-refractivity contribution in [2.24, 2.45) is 0 Å². The summed E-state index contributed by atoms with van der Waals surface area (Å²) in [5.41, 5.74) is 7.98. The Balaban J connectivity index is 1.40. The van der Waals surface area contributed by atoms with Crippen molar-refractivity contribution in [3.05, 3.63) is 81.7 Å². The highest BCUT2D eigenvalue weighted by Gasteiger charge is 2.32. The highest BCUT2D eigenvalue weighted by Crippen LogP contribution is 2.45. The zero-order chi connectivity index (χ0) is 27.0. The third-order valence-electron chi connectivity index (χ3n) is 7.50. The highest BCUT2D eigenvalue weighted by molar-refractivity contribution is 5.76. The molecular weight excluding hydrogens is 485 g/mol. The fraction of sp³-hybridized carbons (Fsp3) is 0.355. The summed E-state index contributed by atoms with van der Waals surface area (Å²) >= 11 is 0. The van der Waals surface area contributed by atoms with E-state index >= 15 is 4.39 Å². The number of aryl methyl sites for hydroxylation is 2. The Morgan fingerprint density at radius 1 is 1.13 bits per heavy atom. The Kier molecular flexibility index (Phi) is 7.11. The molecule has 0 aromatic heterocycles. The van der Waals surface area contributed by atoms with E-state index in [9.17, 15) is 9.59 Å². The Bertz CT molecular complexity index is 1390. The molecule has 1 aliphatic heterocycles. The van der Waals surface area contributed by atoms with E-state index in [2.05, 4.69) is 31.3 Å². The molecule has 1 aliphatic carbocycles. The molecule has 0 saturated heterocycles. The molecule has 0 saturated carbocycles. The number of fused-ring (bicyclic) bond motifs is 2. The first kappa shape index (κ1) is 25.8. The van der Waals surface area contributed by atoms with E-state index in [1.54, 1.807) is 6.07 Å². The number of carboxylic acid groups (broad SMARTS) is 1. The number of carbonyl (C=O) groups is 2. The molecule has 0 fully saturated rings. The second-order valence-electron chi connectivity index (χ2n) is 10.3. The van der Waals surface area contributed by atoms with Crippen LogP contribution in [0, 0.1) is 19.7 Å². The van der Waals surface area contributed by atoms with Crippen LogP contribution in [0.4, 0.5) is 4.39 Å². The molecule has 2 atom stereocenters. The lowest BCUT2D eigenvalue weighted by Crippen LogP contribution is -2.22. The summed E-state index contributed by atoms with van der Waals surface area (Å²) in [6.07, 6.45) is 1.72. The molecule has 0 unspecified atom stereocenters. The second-order valence-corrected chi connectivity index (χ2v) is 10.3. The largest absolute Gasteiger partial charge is 0.492 e. The van der Waals surface area contributed by atoms with Crippen LogP contribution in [0.5, 0.6) is 11.5 Å². The van der Waals surface area contributed by atoms with E-state index in [-0.39, 0.29) is 24.1 Å². The van der Waals surface area contributed by atoms with Crippen molar-refractivity contribution in [1.82, 2.24) is 5.32 Å². The topological polar surface area (TPSA) is 84.9 Å². The van der Waals surface area contributed by atoms with Gasteiger partial charge in [0.15, 0.2) is 0 Å². The molecule has 2 aliphatic rings. The average Bonchev–Trinajstić information content (AvgIpc) is 3.44. The van der Waals surface area contributed by atoms with Crippen LogP contribution in [-0.4, -0.2) is 30.1 Å². The van der Waals surface area contributed by atoms with Crippen molar-refractivity contribution < 1.29 is 28.6 Å². The van der Waals surface area contributed by atoms with Crippen molar-refractivity contribution in [3.8, 4) is 22.6 Å². The van der Waals surface area contributed by atoms with Gasteiger partial charge in [0, 0.05) is 36.6 Å². The SMILES string of the molecule is CC(=O)NCCc1cc(C)c(-c2ccc(F)c3c2CC[C@H]3Oc2ccc3c(c2)OC[C@H]3CC(=O)O)c(C)c1. The van der Waals surface area contributed by atoms with Gasteiger partial charge in [-0.2, -0.15) is 0 Å². The zero-order valence-corrected chi connectivity index (χ0v) is 21.9. The number of halogens is 1. The number of nitrogens with one attached hydrogen (secondary N) is 1. The second kappa shape index (κ2) is 10.5. The summed E-state index contributed by atoms with van der Waals surface area (Å²) in [5, 5.41) is 12.0. The number of ether oxygens (including phenoxy) is 2. The number of carboxylic acids is 1. The van der Waals surface area contributed by atoms with Crippen LogP contribution in [0.25, 0.3) is 11.1 Å². The van der Waals surface area contributed by atoms with E-state index in [1.807, 2.05) is 18.2 Å². The van der Waals surface area contributed by atoms with E-state index in [0.717, 1.165) is 45.4 Å². The molecule has 1 amide bonds. The minimum atomic E-state index is -0.856. The Hall–Kier alpha value is -3.87. The van der Waals surface area contributed by atoms with Crippen molar-refractivity contribution in [2.75, 3.05) is 13.2 Å². The van der Waals surface area contributed by atoms with E-state index in [0.29, 0.717) is 43.1 Å². The van der Waals surface area contributed by atoms with Crippen molar-refractivity contribution in [3.63, 3.8) is 0 Å². The number of aliphatic carboxylic acids is 1. The van der Waals surface area contributed by atoms with Gasteiger partial charge in [0.05, 0.1) is 13.0 Å². The maximum atomic E-state index is 15.2. The van der Waals surface area contributed by atoms with Crippen molar-refractivity contribution in [2.45, 2.75) is 58.5 Å². The molecule has 2 N–H and O–H groups in total. The van der Waals surface area contributed by atoms with Gasteiger partial charge in [-0.1, -0.05) is 24.3 Å². The van der Waals surface area contributed by atoms with Crippen LogP contribution in [-0.2, 0) is 22.4 Å². The molecule has 3 aromatic rings. The van der Waals surface area contributed by atoms with E-state index < -0.39 is 12.1 Å². The molecule has 0 bridgehead atoms. The van der Waals surface area contributed by atoms with Gasteiger partial charge in [-0.3, -0.25) is 9.59 Å². The molecule has 6 nitrogen and oxygen atoms in total. The molecule has 1 heterocycles. The number of amides is 1. The first-order valence-electron chi connectivity index (χ1n) is 13.0. The quantitative estimate of drug-likeness (QED) is 0.394. The molecule has 38 heavy (non-hydrogen) atoms. The molecule has 5 rings (SSSR count). The van der Waals surface area contributed by atoms with Crippen LogP contribution >= 0.6 is 0 Å². The molecule has 0 radical (unpaired) electrons. The predicted octanol–water partition coefficient (Wildman–Crippen LogP) is 5.81. The summed E-state index contributed by atoms with van der Waals surface area (Å²) in [6.45, 7) is 6.59. The number of hydrogen-bond donors (Lipinski definition) is 2. The van der Waals surface area contributed by atoms with Crippen molar-refractivity contribution in [1.29, 1.82) is 0 Å². The van der Waals surface area contributed by atoms with E-state index in [1.165, 1.54) is 13.0 Å². The predicted molar refractivity (Wildman–Crippen MR) is 142 cm³/mol. The minimum absolute atomic E-state index is 0.0201.